The summed E-state index contributed by atoms with van der Waals surface area (Å²) in [6, 6.07) is 13.4. The fourth-order valence-electron chi connectivity index (χ4n) is 3.91. The summed E-state index contributed by atoms with van der Waals surface area (Å²) in [5.41, 5.74) is 1.84. The second kappa shape index (κ2) is 9.83. The van der Waals surface area contributed by atoms with Gasteiger partial charge in [0.2, 0.25) is 15.9 Å². The van der Waals surface area contributed by atoms with Crippen LogP contribution in [0.5, 0.6) is 0 Å². The topological polar surface area (TPSA) is 104 Å². The Labute approximate surface area is 189 Å². The molecule has 2 fully saturated rings. The molecule has 3 N–H and O–H groups in total. The van der Waals surface area contributed by atoms with Crippen LogP contribution in [0.3, 0.4) is 0 Å². The van der Waals surface area contributed by atoms with Crippen molar-refractivity contribution >= 4 is 27.5 Å². The van der Waals surface area contributed by atoms with Crippen molar-refractivity contribution in [3.63, 3.8) is 0 Å². The summed E-state index contributed by atoms with van der Waals surface area (Å²) in [5.74, 6) is 0.206. The van der Waals surface area contributed by atoms with Crippen LogP contribution >= 0.6 is 0 Å². The molecule has 170 valence electrons. The highest BCUT2D eigenvalue weighted by atomic mass is 32.2. The van der Waals surface area contributed by atoms with Crippen molar-refractivity contribution in [1.29, 1.82) is 0 Å². The molecule has 2 aromatic rings. The number of hydrogen-bond donors (Lipinski definition) is 3. The summed E-state index contributed by atoms with van der Waals surface area (Å²) in [6.45, 7) is 0.704. The predicted molar refractivity (Wildman–Crippen MR) is 123 cm³/mol. The second-order valence-corrected chi connectivity index (χ2v) is 10.4. The molecule has 0 radical (unpaired) electrons. The highest BCUT2D eigenvalue weighted by Gasteiger charge is 2.25. The van der Waals surface area contributed by atoms with Crippen molar-refractivity contribution in [2.75, 3.05) is 11.9 Å². The maximum Gasteiger partial charge on any atom is 0.251 e. The molecule has 0 heterocycles. The van der Waals surface area contributed by atoms with Crippen LogP contribution in [0.2, 0.25) is 0 Å². The summed E-state index contributed by atoms with van der Waals surface area (Å²) in [5, 5.41) is 5.79. The van der Waals surface area contributed by atoms with Crippen LogP contribution in [0, 0.1) is 11.8 Å². The van der Waals surface area contributed by atoms with E-state index in [-0.39, 0.29) is 34.7 Å². The normalized spacial score (nSPS) is 16.6. The van der Waals surface area contributed by atoms with Gasteiger partial charge < -0.3 is 10.6 Å². The molecule has 0 bridgehead atoms. The summed E-state index contributed by atoms with van der Waals surface area (Å²) >= 11 is 0. The predicted octanol–water partition coefficient (Wildman–Crippen LogP) is 3.43. The third-order valence-corrected chi connectivity index (χ3v) is 7.46. The second-order valence-electron chi connectivity index (χ2n) is 8.68. The Morgan fingerprint density at radius 1 is 0.938 bits per heavy atom. The van der Waals surface area contributed by atoms with E-state index in [2.05, 4.69) is 15.4 Å². The van der Waals surface area contributed by atoms with Gasteiger partial charge in [0.25, 0.3) is 5.91 Å². The van der Waals surface area contributed by atoms with Gasteiger partial charge in [0.1, 0.15) is 0 Å². The van der Waals surface area contributed by atoms with Gasteiger partial charge in [-0.25, -0.2) is 13.1 Å². The molecule has 8 heteroatoms. The highest BCUT2D eigenvalue weighted by Crippen LogP contribution is 2.28. The molecule has 0 atom stereocenters. The molecule has 2 aliphatic carbocycles. The van der Waals surface area contributed by atoms with Gasteiger partial charge in [0.15, 0.2) is 0 Å². The minimum Gasteiger partial charge on any atom is -0.348 e. The lowest BCUT2D eigenvalue weighted by molar-refractivity contribution is -0.119. The Kier molecular flexibility index (Phi) is 6.91. The van der Waals surface area contributed by atoms with Crippen molar-refractivity contribution in [2.24, 2.45) is 11.8 Å². The molecule has 32 heavy (non-hydrogen) atoms. The van der Waals surface area contributed by atoms with Gasteiger partial charge in [-0.05, 0) is 67.5 Å². The van der Waals surface area contributed by atoms with E-state index in [1.165, 1.54) is 12.1 Å². The van der Waals surface area contributed by atoms with E-state index < -0.39 is 10.0 Å². The van der Waals surface area contributed by atoms with Crippen LogP contribution in [-0.4, -0.2) is 26.8 Å². The fourth-order valence-corrected chi connectivity index (χ4v) is 5.07. The van der Waals surface area contributed by atoms with Gasteiger partial charge >= 0.3 is 0 Å². The molecular weight excluding hydrogens is 426 g/mol. The van der Waals surface area contributed by atoms with Crippen molar-refractivity contribution in [3.8, 4) is 0 Å². The fraction of sp³-hybridized carbons (Fsp3) is 0.417. The molecule has 2 saturated carbocycles. The maximum atomic E-state index is 12.6. The molecule has 0 spiro atoms. The maximum absolute atomic E-state index is 12.6. The lowest BCUT2D eigenvalue weighted by Gasteiger charge is -2.12. The number of sulfonamides is 1. The number of carbonyl (C=O) groups is 2. The van der Waals surface area contributed by atoms with Crippen LogP contribution in [0.25, 0.3) is 0 Å². The average Bonchev–Trinajstić information content (AvgIpc) is 3.47. The summed E-state index contributed by atoms with van der Waals surface area (Å²) in [7, 11) is -3.63. The number of nitrogens with one attached hydrogen (secondary N) is 3. The Hall–Kier alpha value is -2.71. The third-order valence-electron chi connectivity index (χ3n) is 6.04. The molecule has 0 saturated heterocycles. The summed E-state index contributed by atoms with van der Waals surface area (Å²) < 4.78 is 27.5. The molecule has 0 aromatic heterocycles. The molecule has 2 aromatic carbocycles. The monoisotopic (exact) mass is 455 g/mol. The average molecular weight is 456 g/mol. The Morgan fingerprint density at radius 3 is 2.44 bits per heavy atom. The molecule has 2 amide bonds. The smallest absolute Gasteiger partial charge is 0.251 e. The zero-order chi connectivity index (χ0) is 22.6. The Morgan fingerprint density at radius 2 is 1.69 bits per heavy atom. The minimum absolute atomic E-state index is 0.0528. The number of amides is 2. The standard InChI is InChI=1S/C24H29N3O4S/c28-23(20-8-4-10-22(14-20)32(30,31)26-16-17-11-12-17)25-15-18-5-3-9-21(13-18)27-24(29)19-6-1-2-7-19/h3-5,8-10,13-14,17,19,26H,1-2,6-7,11-12,15-16H2,(H,25,28)(H,27,29). The first-order chi connectivity index (χ1) is 15.4. The summed E-state index contributed by atoms with van der Waals surface area (Å²) in [4.78, 5) is 25.0. The van der Waals surface area contributed by atoms with Crippen LogP contribution in [0.15, 0.2) is 53.4 Å². The van der Waals surface area contributed by atoms with Gasteiger partial charge in [-0.1, -0.05) is 31.0 Å². The zero-order valence-electron chi connectivity index (χ0n) is 18.0. The van der Waals surface area contributed by atoms with Crippen molar-refractivity contribution in [2.45, 2.75) is 50.0 Å². The van der Waals surface area contributed by atoms with E-state index in [1.54, 1.807) is 12.1 Å². The summed E-state index contributed by atoms with van der Waals surface area (Å²) in [6.07, 6.45) is 6.18. The Bertz CT molecular complexity index is 1090. The number of anilines is 1. The first-order valence-corrected chi connectivity index (χ1v) is 12.7. The number of rotatable bonds is 9. The van der Waals surface area contributed by atoms with E-state index in [0.717, 1.165) is 44.1 Å². The SMILES string of the molecule is O=C(NCc1cccc(NC(=O)C2CCCC2)c1)c1cccc(S(=O)(=O)NCC2CC2)c1. The van der Waals surface area contributed by atoms with Crippen LogP contribution in [0.4, 0.5) is 5.69 Å². The van der Waals surface area contributed by atoms with Crippen LogP contribution in [0.1, 0.15) is 54.4 Å². The third kappa shape index (κ3) is 5.95. The van der Waals surface area contributed by atoms with Crippen molar-refractivity contribution < 1.29 is 18.0 Å². The van der Waals surface area contributed by atoms with Gasteiger partial charge in [-0.15, -0.1) is 0 Å². The van der Waals surface area contributed by atoms with Crippen LogP contribution in [-0.2, 0) is 21.4 Å². The minimum atomic E-state index is -3.63. The molecule has 2 aliphatic rings. The van der Waals surface area contributed by atoms with Gasteiger partial charge in [0.05, 0.1) is 4.90 Å². The van der Waals surface area contributed by atoms with Crippen molar-refractivity contribution in [3.05, 3.63) is 59.7 Å². The quantitative estimate of drug-likeness (QED) is 0.539. The Balaban J connectivity index is 1.35. The van der Waals surface area contributed by atoms with E-state index in [9.17, 15) is 18.0 Å². The first-order valence-electron chi connectivity index (χ1n) is 11.2. The van der Waals surface area contributed by atoms with Gasteiger partial charge in [0, 0.05) is 30.3 Å². The van der Waals surface area contributed by atoms with E-state index >= 15 is 0 Å². The number of benzene rings is 2. The number of hydrogen-bond acceptors (Lipinski definition) is 4. The first kappa shape index (κ1) is 22.5. The van der Waals surface area contributed by atoms with E-state index in [1.807, 2.05) is 24.3 Å². The molecule has 0 aliphatic heterocycles. The highest BCUT2D eigenvalue weighted by molar-refractivity contribution is 7.89. The number of carbonyl (C=O) groups excluding carboxylic acids is 2. The molecule has 7 nitrogen and oxygen atoms in total. The van der Waals surface area contributed by atoms with Gasteiger partial charge in [-0.2, -0.15) is 0 Å². The largest absolute Gasteiger partial charge is 0.348 e. The van der Waals surface area contributed by atoms with E-state index in [4.69, 9.17) is 0 Å². The van der Waals surface area contributed by atoms with Crippen molar-refractivity contribution in [1.82, 2.24) is 10.0 Å². The zero-order valence-corrected chi connectivity index (χ0v) is 18.8. The van der Waals surface area contributed by atoms with Crippen LogP contribution < -0.4 is 15.4 Å². The van der Waals surface area contributed by atoms with Gasteiger partial charge in [-0.3, -0.25) is 9.59 Å². The lowest BCUT2D eigenvalue weighted by atomic mass is 10.1. The molecule has 0 unspecified atom stereocenters. The molecule has 4 rings (SSSR count). The van der Waals surface area contributed by atoms with E-state index in [0.29, 0.717) is 18.2 Å². The molecular formula is C24H29N3O4S. The lowest BCUT2D eigenvalue weighted by Crippen LogP contribution is -2.27.